The van der Waals surface area contributed by atoms with E-state index in [4.69, 9.17) is 4.42 Å². The molecule has 0 bridgehead atoms. The smallest absolute Gasteiger partial charge is 0.108 e. The van der Waals surface area contributed by atoms with Gasteiger partial charge in [0.05, 0.1) is 6.26 Å². The number of rotatable bonds is 5. The molecule has 15 heavy (non-hydrogen) atoms. The van der Waals surface area contributed by atoms with Crippen LogP contribution in [0.1, 0.15) is 44.6 Å². The third kappa shape index (κ3) is 3.14. The highest BCUT2D eigenvalue weighted by molar-refractivity contribution is 5.23. The van der Waals surface area contributed by atoms with Gasteiger partial charge in [0.1, 0.15) is 5.76 Å². The van der Waals surface area contributed by atoms with E-state index in [0.717, 1.165) is 25.1 Å². The molecule has 0 amide bonds. The molecule has 0 aliphatic heterocycles. The van der Waals surface area contributed by atoms with Crippen LogP contribution in [-0.4, -0.2) is 6.54 Å². The average Bonchev–Trinajstić information content (AvgIpc) is 2.72. The highest BCUT2D eigenvalue weighted by atomic mass is 16.3. The molecule has 1 aromatic heterocycles. The van der Waals surface area contributed by atoms with Gasteiger partial charge in [-0.1, -0.05) is 13.8 Å². The van der Waals surface area contributed by atoms with Gasteiger partial charge < -0.3 is 9.73 Å². The maximum absolute atomic E-state index is 5.43. The van der Waals surface area contributed by atoms with Gasteiger partial charge in [-0.05, 0) is 19.5 Å². The number of furan rings is 1. The minimum absolute atomic E-state index is 0.302. The van der Waals surface area contributed by atoms with Gasteiger partial charge in [-0.15, -0.1) is 11.8 Å². The van der Waals surface area contributed by atoms with E-state index in [1.807, 2.05) is 13.0 Å². The molecule has 0 saturated carbocycles. The van der Waals surface area contributed by atoms with Gasteiger partial charge in [-0.2, -0.15) is 0 Å². The first-order chi connectivity index (χ1) is 7.33. The fourth-order valence-electron chi connectivity index (χ4n) is 1.69. The van der Waals surface area contributed by atoms with Crippen molar-refractivity contribution in [1.82, 2.24) is 5.32 Å². The predicted octanol–water partition coefficient (Wildman–Crippen LogP) is 2.91. The van der Waals surface area contributed by atoms with Gasteiger partial charge in [-0.3, -0.25) is 0 Å². The second-order valence-corrected chi connectivity index (χ2v) is 3.39. The summed E-state index contributed by atoms with van der Waals surface area (Å²) in [7, 11) is 0. The van der Waals surface area contributed by atoms with E-state index in [2.05, 4.69) is 31.0 Å². The van der Waals surface area contributed by atoms with Gasteiger partial charge in [0, 0.05) is 24.4 Å². The second-order valence-electron chi connectivity index (χ2n) is 3.39. The SMILES string of the molecule is CC#CCC(NCC)c1ccoc1CC. The summed E-state index contributed by atoms with van der Waals surface area (Å²) in [5, 5.41) is 3.43. The van der Waals surface area contributed by atoms with Crippen LogP contribution in [0.15, 0.2) is 16.7 Å². The Morgan fingerprint density at radius 3 is 2.87 bits per heavy atom. The Morgan fingerprint density at radius 1 is 1.47 bits per heavy atom. The van der Waals surface area contributed by atoms with Crippen LogP contribution in [0.25, 0.3) is 0 Å². The molecule has 0 aliphatic rings. The first-order valence-corrected chi connectivity index (χ1v) is 5.52. The van der Waals surface area contributed by atoms with Crippen molar-refractivity contribution in [3.8, 4) is 11.8 Å². The molecular weight excluding hydrogens is 186 g/mol. The van der Waals surface area contributed by atoms with Crippen molar-refractivity contribution in [1.29, 1.82) is 0 Å². The van der Waals surface area contributed by atoms with Crippen LogP contribution in [-0.2, 0) is 6.42 Å². The van der Waals surface area contributed by atoms with Crippen LogP contribution >= 0.6 is 0 Å². The Hall–Kier alpha value is -1.20. The molecular formula is C13H19NO. The van der Waals surface area contributed by atoms with E-state index in [-0.39, 0.29) is 0 Å². The van der Waals surface area contributed by atoms with E-state index in [9.17, 15) is 0 Å². The van der Waals surface area contributed by atoms with Crippen molar-refractivity contribution in [3.05, 3.63) is 23.7 Å². The Balaban J connectivity index is 2.80. The molecule has 0 fully saturated rings. The maximum atomic E-state index is 5.43. The molecule has 2 heteroatoms. The molecule has 1 unspecified atom stereocenters. The Labute approximate surface area is 92.1 Å². The monoisotopic (exact) mass is 205 g/mol. The second kappa shape index (κ2) is 6.31. The Morgan fingerprint density at radius 2 is 2.27 bits per heavy atom. The molecule has 0 spiro atoms. The molecule has 1 heterocycles. The van der Waals surface area contributed by atoms with Crippen LogP contribution in [0.3, 0.4) is 0 Å². The van der Waals surface area contributed by atoms with Gasteiger partial charge in [0.2, 0.25) is 0 Å². The van der Waals surface area contributed by atoms with E-state index >= 15 is 0 Å². The van der Waals surface area contributed by atoms with Gasteiger partial charge in [-0.25, -0.2) is 0 Å². The lowest BCUT2D eigenvalue weighted by Gasteiger charge is -2.14. The van der Waals surface area contributed by atoms with Crippen molar-refractivity contribution in [3.63, 3.8) is 0 Å². The molecule has 1 aromatic rings. The quantitative estimate of drug-likeness (QED) is 0.748. The molecule has 0 radical (unpaired) electrons. The van der Waals surface area contributed by atoms with Gasteiger partial charge in [0.25, 0.3) is 0 Å². The summed E-state index contributed by atoms with van der Waals surface area (Å²) in [6.45, 7) is 7.04. The highest BCUT2D eigenvalue weighted by Crippen LogP contribution is 2.22. The van der Waals surface area contributed by atoms with Crippen LogP contribution in [0.4, 0.5) is 0 Å². The molecule has 1 rings (SSSR count). The first kappa shape index (κ1) is 11.9. The zero-order valence-corrected chi connectivity index (χ0v) is 9.76. The van der Waals surface area contributed by atoms with E-state index in [1.54, 1.807) is 6.26 Å². The maximum Gasteiger partial charge on any atom is 0.108 e. The summed E-state index contributed by atoms with van der Waals surface area (Å²) >= 11 is 0. The molecule has 1 N–H and O–H groups in total. The highest BCUT2D eigenvalue weighted by Gasteiger charge is 2.14. The van der Waals surface area contributed by atoms with Crippen LogP contribution < -0.4 is 5.32 Å². The van der Waals surface area contributed by atoms with Crippen molar-refractivity contribution >= 4 is 0 Å². The van der Waals surface area contributed by atoms with Crippen LogP contribution in [0, 0.1) is 11.8 Å². The summed E-state index contributed by atoms with van der Waals surface area (Å²) in [6, 6.07) is 2.35. The zero-order valence-electron chi connectivity index (χ0n) is 9.76. The summed E-state index contributed by atoms with van der Waals surface area (Å²) in [4.78, 5) is 0. The molecule has 82 valence electrons. The summed E-state index contributed by atoms with van der Waals surface area (Å²) in [5.41, 5.74) is 1.25. The minimum atomic E-state index is 0.302. The third-order valence-electron chi connectivity index (χ3n) is 2.41. The topological polar surface area (TPSA) is 25.2 Å². The lowest BCUT2D eigenvalue weighted by atomic mass is 10.0. The van der Waals surface area contributed by atoms with Crippen molar-refractivity contribution < 1.29 is 4.42 Å². The van der Waals surface area contributed by atoms with Crippen molar-refractivity contribution in [2.24, 2.45) is 0 Å². The molecule has 0 aliphatic carbocycles. The lowest BCUT2D eigenvalue weighted by Crippen LogP contribution is -2.20. The Bertz CT molecular complexity index is 343. The number of aryl methyl sites for hydroxylation is 1. The summed E-state index contributed by atoms with van der Waals surface area (Å²) in [6.07, 6.45) is 3.54. The van der Waals surface area contributed by atoms with E-state index in [0.29, 0.717) is 6.04 Å². The molecule has 2 nitrogen and oxygen atoms in total. The van der Waals surface area contributed by atoms with Crippen molar-refractivity contribution in [2.45, 2.75) is 39.7 Å². The summed E-state index contributed by atoms with van der Waals surface area (Å²) in [5.74, 6) is 7.12. The lowest BCUT2D eigenvalue weighted by molar-refractivity contribution is 0.491. The largest absolute Gasteiger partial charge is 0.469 e. The average molecular weight is 205 g/mol. The number of hydrogen-bond donors (Lipinski definition) is 1. The third-order valence-corrected chi connectivity index (χ3v) is 2.41. The zero-order chi connectivity index (χ0) is 11.1. The molecule has 0 aromatic carbocycles. The Kier molecular flexibility index (Phi) is 5.00. The molecule has 1 atom stereocenters. The fourth-order valence-corrected chi connectivity index (χ4v) is 1.69. The fraction of sp³-hybridized carbons (Fsp3) is 0.538. The number of nitrogens with one attached hydrogen (secondary N) is 1. The first-order valence-electron chi connectivity index (χ1n) is 5.52. The van der Waals surface area contributed by atoms with E-state index in [1.165, 1.54) is 5.56 Å². The van der Waals surface area contributed by atoms with Gasteiger partial charge >= 0.3 is 0 Å². The standard InChI is InChI=1S/C13H19NO/c1-4-7-8-12(14-6-3)11-9-10-15-13(11)5-2/h9-10,12,14H,5-6,8H2,1-3H3. The van der Waals surface area contributed by atoms with Crippen LogP contribution in [0.5, 0.6) is 0 Å². The van der Waals surface area contributed by atoms with Crippen molar-refractivity contribution in [2.75, 3.05) is 6.54 Å². The predicted molar refractivity (Wildman–Crippen MR) is 62.6 cm³/mol. The normalized spacial score (nSPS) is 11.9. The van der Waals surface area contributed by atoms with Crippen LogP contribution in [0.2, 0.25) is 0 Å². The molecule has 0 saturated heterocycles. The van der Waals surface area contributed by atoms with E-state index < -0.39 is 0 Å². The number of hydrogen-bond acceptors (Lipinski definition) is 2. The van der Waals surface area contributed by atoms with Gasteiger partial charge in [0.15, 0.2) is 0 Å². The summed E-state index contributed by atoms with van der Waals surface area (Å²) < 4.78 is 5.43. The minimum Gasteiger partial charge on any atom is -0.469 e.